The lowest BCUT2D eigenvalue weighted by Crippen LogP contribution is -2.43. The van der Waals surface area contributed by atoms with Crippen molar-refractivity contribution in [1.29, 1.82) is 0 Å². The normalized spacial score (nSPS) is 12.7. The van der Waals surface area contributed by atoms with Gasteiger partial charge in [0.1, 0.15) is 0 Å². The minimum atomic E-state index is -0.853. The molecular formula is C14H27NO4. The van der Waals surface area contributed by atoms with Crippen LogP contribution in [0, 0.1) is 10.8 Å². The molecule has 0 aromatic heterocycles. The number of nitrogens with zero attached hydrogens (tertiary/aromatic N) is 1. The first-order chi connectivity index (χ1) is 8.45. The molecule has 0 saturated carbocycles. The van der Waals surface area contributed by atoms with Gasteiger partial charge in [-0.1, -0.05) is 34.6 Å². The van der Waals surface area contributed by atoms with Crippen LogP contribution in [0.3, 0.4) is 0 Å². The molecule has 112 valence electrons. The van der Waals surface area contributed by atoms with Crippen molar-refractivity contribution < 1.29 is 19.8 Å². The van der Waals surface area contributed by atoms with Crippen molar-refractivity contribution in [3.63, 3.8) is 0 Å². The van der Waals surface area contributed by atoms with Crippen molar-refractivity contribution in [2.24, 2.45) is 10.8 Å². The molecule has 0 amide bonds. The topological polar surface area (TPSA) is 77.8 Å². The van der Waals surface area contributed by atoms with Gasteiger partial charge in [0, 0.05) is 19.6 Å². The molecule has 0 bridgehead atoms. The first-order valence-corrected chi connectivity index (χ1v) is 6.61. The van der Waals surface area contributed by atoms with E-state index in [4.69, 9.17) is 10.2 Å². The van der Waals surface area contributed by atoms with Crippen LogP contribution in [0.15, 0.2) is 0 Å². The van der Waals surface area contributed by atoms with Crippen LogP contribution in [-0.2, 0) is 9.59 Å². The molecule has 5 nitrogen and oxygen atoms in total. The van der Waals surface area contributed by atoms with Crippen molar-refractivity contribution in [2.75, 3.05) is 19.6 Å². The van der Waals surface area contributed by atoms with E-state index >= 15 is 0 Å². The summed E-state index contributed by atoms with van der Waals surface area (Å²) >= 11 is 0. The molecule has 0 radical (unpaired) electrons. The Balaban J connectivity index is 4.64. The highest BCUT2D eigenvalue weighted by molar-refractivity contribution is 5.67. The lowest BCUT2D eigenvalue weighted by atomic mass is 9.69. The molecule has 0 aliphatic rings. The minimum Gasteiger partial charge on any atom is -0.481 e. The van der Waals surface area contributed by atoms with E-state index in [1.165, 1.54) is 0 Å². The molecule has 2 N–H and O–H groups in total. The maximum atomic E-state index is 10.7. The van der Waals surface area contributed by atoms with E-state index in [1.807, 2.05) is 4.90 Å². The lowest BCUT2D eigenvalue weighted by molar-refractivity contribution is -0.137. The number of rotatable bonds is 8. The second-order valence-corrected chi connectivity index (χ2v) is 6.70. The second-order valence-electron chi connectivity index (χ2n) is 6.70. The maximum Gasteiger partial charge on any atom is 0.304 e. The van der Waals surface area contributed by atoms with Crippen LogP contribution in [0.5, 0.6) is 0 Å². The number of carbonyl (C=O) groups is 2. The average molecular weight is 273 g/mol. The Kier molecular flexibility index (Phi) is 6.49. The Morgan fingerprint density at radius 1 is 0.895 bits per heavy atom. The molecule has 5 heteroatoms. The summed E-state index contributed by atoms with van der Waals surface area (Å²) in [7, 11) is 0. The highest BCUT2D eigenvalue weighted by Gasteiger charge is 2.34. The molecule has 0 atom stereocenters. The van der Waals surface area contributed by atoms with Crippen LogP contribution in [-0.4, -0.2) is 46.7 Å². The van der Waals surface area contributed by atoms with Crippen LogP contribution >= 0.6 is 0 Å². The summed E-state index contributed by atoms with van der Waals surface area (Å²) in [4.78, 5) is 23.3. The average Bonchev–Trinajstić information content (AvgIpc) is 2.19. The van der Waals surface area contributed by atoms with E-state index in [2.05, 4.69) is 34.6 Å². The van der Waals surface area contributed by atoms with E-state index in [1.54, 1.807) is 0 Å². The summed E-state index contributed by atoms with van der Waals surface area (Å²) in [6.07, 6.45) is 0.0830. The van der Waals surface area contributed by atoms with Gasteiger partial charge in [0.05, 0.1) is 12.8 Å². The Hall–Kier alpha value is -1.10. The molecule has 0 heterocycles. The van der Waals surface area contributed by atoms with Crippen LogP contribution in [0.2, 0.25) is 0 Å². The molecular weight excluding hydrogens is 246 g/mol. The molecule has 0 aromatic rings. The van der Waals surface area contributed by atoms with Crippen molar-refractivity contribution >= 4 is 11.9 Å². The summed E-state index contributed by atoms with van der Waals surface area (Å²) in [5.41, 5.74) is 0.0434. The standard InChI is InChI=1S/C14H27NO4/c1-13(2,3)14(4,5)10-15(8-6-11(16)17)9-7-12(18)19/h6-10H2,1-5H3,(H,16,17)(H,18,19). The van der Waals surface area contributed by atoms with Gasteiger partial charge in [0.15, 0.2) is 0 Å². The van der Waals surface area contributed by atoms with Crippen LogP contribution in [0.4, 0.5) is 0 Å². The van der Waals surface area contributed by atoms with Gasteiger partial charge in [0.2, 0.25) is 0 Å². The first-order valence-electron chi connectivity index (χ1n) is 6.61. The van der Waals surface area contributed by atoms with Crippen molar-refractivity contribution in [3.05, 3.63) is 0 Å². The van der Waals surface area contributed by atoms with Gasteiger partial charge in [-0.15, -0.1) is 0 Å². The van der Waals surface area contributed by atoms with Crippen molar-refractivity contribution in [2.45, 2.75) is 47.5 Å². The fourth-order valence-corrected chi connectivity index (χ4v) is 1.57. The number of aliphatic carboxylic acids is 2. The van der Waals surface area contributed by atoms with E-state index in [0.717, 1.165) is 0 Å². The van der Waals surface area contributed by atoms with Crippen molar-refractivity contribution in [3.8, 4) is 0 Å². The lowest BCUT2D eigenvalue weighted by Gasteiger charge is -2.42. The first kappa shape index (κ1) is 17.9. The van der Waals surface area contributed by atoms with Gasteiger partial charge >= 0.3 is 11.9 Å². The zero-order chi connectivity index (χ0) is 15.3. The zero-order valence-corrected chi connectivity index (χ0v) is 12.7. The molecule has 0 aliphatic carbocycles. The zero-order valence-electron chi connectivity index (χ0n) is 12.7. The maximum absolute atomic E-state index is 10.7. The Labute approximate surface area is 115 Å². The predicted octanol–water partition coefficient (Wildman–Crippen LogP) is 2.31. The number of carboxylic acid groups (broad SMARTS) is 2. The summed E-state index contributed by atoms with van der Waals surface area (Å²) in [5.74, 6) is -1.71. The third kappa shape index (κ3) is 7.15. The van der Waals surface area contributed by atoms with Gasteiger partial charge in [-0.2, -0.15) is 0 Å². The van der Waals surface area contributed by atoms with E-state index in [-0.39, 0.29) is 23.7 Å². The monoisotopic (exact) mass is 273 g/mol. The van der Waals surface area contributed by atoms with Gasteiger partial charge < -0.3 is 15.1 Å². The molecule has 0 saturated heterocycles. The molecule has 0 fully saturated rings. The van der Waals surface area contributed by atoms with Crippen LogP contribution in [0.1, 0.15) is 47.5 Å². The van der Waals surface area contributed by atoms with E-state index in [0.29, 0.717) is 19.6 Å². The minimum absolute atomic E-state index is 0.0238. The Morgan fingerprint density at radius 3 is 1.53 bits per heavy atom. The third-order valence-corrected chi connectivity index (χ3v) is 3.93. The smallest absolute Gasteiger partial charge is 0.304 e. The van der Waals surface area contributed by atoms with Gasteiger partial charge in [-0.3, -0.25) is 9.59 Å². The number of hydrogen-bond donors (Lipinski definition) is 2. The number of carboxylic acids is 2. The molecule has 0 spiro atoms. The SMILES string of the molecule is CC(C)(C)C(C)(C)CN(CCC(=O)O)CCC(=O)O. The molecule has 0 rings (SSSR count). The summed E-state index contributed by atoms with van der Waals surface area (Å²) in [5, 5.41) is 17.5. The van der Waals surface area contributed by atoms with Crippen LogP contribution in [0.25, 0.3) is 0 Å². The van der Waals surface area contributed by atoms with Gasteiger partial charge in [-0.05, 0) is 10.8 Å². The third-order valence-electron chi connectivity index (χ3n) is 3.93. The second kappa shape index (κ2) is 6.89. The fraction of sp³-hybridized carbons (Fsp3) is 0.857. The molecule has 19 heavy (non-hydrogen) atoms. The summed E-state index contributed by atoms with van der Waals surface area (Å²) < 4.78 is 0. The summed E-state index contributed by atoms with van der Waals surface area (Å²) in [6, 6.07) is 0. The van der Waals surface area contributed by atoms with Crippen molar-refractivity contribution in [1.82, 2.24) is 4.90 Å². The highest BCUT2D eigenvalue weighted by Crippen LogP contribution is 2.38. The predicted molar refractivity (Wildman–Crippen MR) is 74.2 cm³/mol. The van der Waals surface area contributed by atoms with Crippen LogP contribution < -0.4 is 0 Å². The molecule has 0 unspecified atom stereocenters. The Morgan fingerprint density at radius 2 is 1.26 bits per heavy atom. The fourth-order valence-electron chi connectivity index (χ4n) is 1.57. The summed E-state index contributed by atoms with van der Waals surface area (Å²) in [6.45, 7) is 12.1. The highest BCUT2D eigenvalue weighted by atomic mass is 16.4. The van der Waals surface area contributed by atoms with Gasteiger partial charge in [0.25, 0.3) is 0 Å². The van der Waals surface area contributed by atoms with Gasteiger partial charge in [-0.25, -0.2) is 0 Å². The molecule has 0 aliphatic heterocycles. The van der Waals surface area contributed by atoms with E-state index < -0.39 is 11.9 Å². The van der Waals surface area contributed by atoms with E-state index in [9.17, 15) is 9.59 Å². The largest absolute Gasteiger partial charge is 0.481 e. The molecule has 0 aromatic carbocycles. The number of hydrogen-bond acceptors (Lipinski definition) is 3. The Bertz CT molecular complexity index is 300. The quantitative estimate of drug-likeness (QED) is 0.709.